The van der Waals surface area contributed by atoms with E-state index < -0.39 is 59.1 Å². The molecule has 240 valence electrons. The number of carbonyl (C=O) groups is 6. The molecule has 6 atom stereocenters. The van der Waals surface area contributed by atoms with Gasteiger partial charge in [-0.15, -0.1) is 0 Å². The Kier molecular flexibility index (Phi) is 9.23. The fourth-order valence-corrected chi connectivity index (χ4v) is 6.47. The van der Waals surface area contributed by atoms with Crippen LogP contribution in [-0.4, -0.2) is 83.0 Å². The van der Waals surface area contributed by atoms with Gasteiger partial charge < -0.3 is 26.2 Å². The van der Waals surface area contributed by atoms with Crippen LogP contribution in [0.3, 0.4) is 0 Å². The summed E-state index contributed by atoms with van der Waals surface area (Å²) in [4.78, 5) is 85.1. The Bertz CT molecular complexity index is 1320. The van der Waals surface area contributed by atoms with E-state index in [0.29, 0.717) is 6.54 Å². The van der Waals surface area contributed by atoms with E-state index in [2.05, 4.69) is 40.1 Å². The van der Waals surface area contributed by atoms with E-state index in [4.69, 9.17) is 0 Å². The molecular weight excluding hydrogens is 564 g/mol. The van der Waals surface area contributed by atoms with E-state index in [-0.39, 0.29) is 40.6 Å². The van der Waals surface area contributed by atoms with Gasteiger partial charge >= 0.3 is 6.03 Å². The molecule has 3 fully saturated rings. The summed E-state index contributed by atoms with van der Waals surface area (Å²) in [6.07, 6.45) is 2.96. The van der Waals surface area contributed by atoms with Crippen molar-refractivity contribution in [1.29, 1.82) is 0 Å². The number of hydrogen-bond donors (Lipinski definition) is 4. The van der Waals surface area contributed by atoms with E-state index in [1.54, 1.807) is 18.2 Å². The maximum absolute atomic E-state index is 14.2. The molecule has 4 N–H and O–H groups in total. The number of piperidine rings is 1. The minimum atomic E-state index is -1.03. The van der Waals surface area contributed by atoms with Gasteiger partial charge in [-0.05, 0) is 59.5 Å². The molecule has 0 bridgehead atoms. The van der Waals surface area contributed by atoms with Gasteiger partial charge in [-0.3, -0.25) is 29.0 Å². The number of fused-ring (bicyclic) bond motifs is 1. The maximum atomic E-state index is 14.2. The number of aromatic nitrogens is 1. The maximum Gasteiger partial charge on any atom is 0.316 e. The topological polar surface area (TPSA) is 167 Å². The predicted octanol–water partition coefficient (Wildman–Crippen LogP) is 1.70. The van der Waals surface area contributed by atoms with Crippen LogP contribution in [0.2, 0.25) is 0 Å². The third kappa shape index (κ3) is 6.63. The van der Waals surface area contributed by atoms with Crippen LogP contribution in [0, 0.1) is 34.5 Å². The highest BCUT2D eigenvalue weighted by molar-refractivity contribution is 6.38. The number of likely N-dealkylation sites (N-methyl/N-ethyl adjacent to an activating group) is 1. The monoisotopic (exact) mass is 610 g/mol. The number of nitrogens with one attached hydrogen (secondary N) is 4. The third-order valence-electron chi connectivity index (χ3n) is 9.43. The molecule has 0 radical (unpaired) electrons. The van der Waals surface area contributed by atoms with Crippen molar-refractivity contribution in [1.82, 2.24) is 31.2 Å². The second kappa shape index (κ2) is 12.3. The molecule has 5 amide bonds. The molecule has 1 aromatic rings. The SMILES string of the molecule is CNC(=O)C(=O)C(NC(=O)[C@@H]1[C@@H]2[C@H](CN1C(=O)[C@@H](NC(=O)N[C@H](C(=O)c1ccccn1)C(C)C)C(C)(C)C)C2(C)C)C1CC1. The molecule has 44 heavy (non-hydrogen) atoms. The van der Waals surface area contributed by atoms with Crippen LogP contribution in [0.25, 0.3) is 0 Å². The standard InChI is InChI=1S/C32H46N6O6/c1-16(2)21(24(39)19-11-9-10-14-34-19)36-30(44)37-26(31(3,4)5)29(43)38-15-18-20(32(18,6)7)23(38)27(41)35-22(17-12-13-17)25(40)28(42)33-8/h9-11,14,16-18,20-23,26H,12-13,15H2,1-8H3,(H,33,42)(H,35,41)(H2,36,37,44)/t18-,20-,21-,22?,23-,26+/m0/s1. The lowest BCUT2D eigenvalue weighted by molar-refractivity contribution is -0.145. The highest BCUT2D eigenvalue weighted by Crippen LogP contribution is 2.65. The van der Waals surface area contributed by atoms with Crippen LogP contribution in [0.5, 0.6) is 0 Å². The van der Waals surface area contributed by atoms with Gasteiger partial charge in [0.05, 0.1) is 6.04 Å². The quantitative estimate of drug-likeness (QED) is 0.219. The molecule has 1 unspecified atom stereocenters. The molecule has 12 heteroatoms. The van der Waals surface area contributed by atoms with Gasteiger partial charge in [0, 0.05) is 19.8 Å². The van der Waals surface area contributed by atoms with Crippen LogP contribution >= 0.6 is 0 Å². The van der Waals surface area contributed by atoms with Crippen LogP contribution in [0.4, 0.5) is 4.79 Å². The molecular formula is C32H46N6O6. The Morgan fingerprint density at radius 1 is 1.00 bits per heavy atom. The van der Waals surface area contributed by atoms with Crippen LogP contribution in [-0.2, 0) is 19.2 Å². The summed E-state index contributed by atoms with van der Waals surface area (Å²) < 4.78 is 0. The second-order valence-electron chi connectivity index (χ2n) is 14.4. The fraction of sp³-hybridized carbons (Fsp3) is 0.656. The van der Waals surface area contributed by atoms with Crippen molar-refractivity contribution in [3.05, 3.63) is 30.1 Å². The first kappa shape index (κ1) is 33.1. The smallest absolute Gasteiger partial charge is 0.316 e. The number of nitrogens with zero attached hydrogens (tertiary/aromatic N) is 2. The number of amides is 5. The first-order valence-corrected chi connectivity index (χ1v) is 15.4. The molecule has 0 spiro atoms. The number of likely N-dealkylation sites (tertiary alicyclic amines) is 1. The summed E-state index contributed by atoms with van der Waals surface area (Å²) in [5.41, 5.74) is -0.708. The summed E-state index contributed by atoms with van der Waals surface area (Å²) >= 11 is 0. The van der Waals surface area contributed by atoms with Gasteiger partial charge in [-0.25, -0.2) is 4.79 Å². The van der Waals surface area contributed by atoms with Crippen molar-refractivity contribution in [2.75, 3.05) is 13.6 Å². The van der Waals surface area contributed by atoms with E-state index >= 15 is 0 Å². The minimum absolute atomic E-state index is 0.0759. The number of ketones is 2. The van der Waals surface area contributed by atoms with Crippen LogP contribution in [0.15, 0.2) is 24.4 Å². The largest absolute Gasteiger partial charge is 0.353 e. The number of pyridine rings is 1. The van der Waals surface area contributed by atoms with Crippen LogP contribution < -0.4 is 21.3 Å². The van der Waals surface area contributed by atoms with Crippen molar-refractivity contribution < 1.29 is 28.8 Å². The number of rotatable bonds is 11. The van der Waals surface area contributed by atoms with Crippen LogP contribution in [0.1, 0.15) is 71.8 Å². The number of hydrogen-bond acceptors (Lipinski definition) is 7. The van der Waals surface area contributed by atoms with Crippen molar-refractivity contribution >= 4 is 35.3 Å². The van der Waals surface area contributed by atoms with Crippen molar-refractivity contribution in [3.8, 4) is 0 Å². The van der Waals surface area contributed by atoms with Crippen molar-refractivity contribution in [2.45, 2.75) is 85.5 Å². The molecule has 1 aliphatic heterocycles. The van der Waals surface area contributed by atoms with Crippen molar-refractivity contribution in [2.24, 2.45) is 34.5 Å². The number of urea groups is 1. The summed E-state index contributed by atoms with van der Waals surface area (Å²) in [6, 6.07) is 0.583. The Balaban J connectivity index is 1.53. The summed E-state index contributed by atoms with van der Waals surface area (Å²) in [6.45, 7) is 13.5. The van der Waals surface area contributed by atoms with E-state index in [1.807, 2.05) is 34.6 Å². The fourth-order valence-electron chi connectivity index (χ4n) is 6.47. The highest BCUT2D eigenvalue weighted by Gasteiger charge is 2.70. The molecule has 1 saturated heterocycles. The van der Waals surface area contributed by atoms with E-state index in [1.165, 1.54) is 18.1 Å². The molecule has 12 nitrogen and oxygen atoms in total. The van der Waals surface area contributed by atoms with Gasteiger partial charge in [0.2, 0.25) is 23.4 Å². The number of Topliss-reactive ketones (excluding diaryl/α,β-unsaturated/α-hetero) is 2. The minimum Gasteiger partial charge on any atom is -0.353 e. The summed E-state index contributed by atoms with van der Waals surface area (Å²) in [5.74, 6) is -3.12. The van der Waals surface area contributed by atoms with Gasteiger partial charge in [0.1, 0.15) is 23.8 Å². The normalized spacial score (nSPS) is 23.9. The second-order valence-corrected chi connectivity index (χ2v) is 14.4. The lowest BCUT2D eigenvalue weighted by Gasteiger charge is -2.38. The van der Waals surface area contributed by atoms with E-state index in [0.717, 1.165) is 12.8 Å². The Hall–Kier alpha value is -3.83. The Morgan fingerprint density at radius 2 is 1.66 bits per heavy atom. The van der Waals surface area contributed by atoms with Gasteiger partial charge in [0.15, 0.2) is 0 Å². The van der Waals surface area contributed by atoms with Gasteiger partial charge in [-0.1, -0.05) is 54.5 Å². The van der Waals surface area contributed by atoms with Gasteiger partial charge in [0.25, 0.3) is 5.91 Å². The molecule has 2 saturated carbocycles. The van der Waals surface area contributed by atoms with Gasteiger partial charge in [-0.2, -0.15) is 0 Å². The zero-order chi connectivity index (χ0) is 32.7. The first-order chi connectivity index (χ1) is 20.5. The molecule has 4 rings (SSSR count). The van der Waals surface area contributed by atoms with Crippen molar-refractivity contribution in [3.63, 3.8) is 0 Å². The molecule has 2 heterocycles. The van der Waals surface area contributed by atoms with E-state index in [9.17, 15) is 28.8 Å². The summed E-state index contributed by atoms with van der Waals surface area (Å²) in [7, 11) is 1.37. The zero-order valence-corrected chi connectivity index (χ0v) is 26.9. The molecule has 1 aromatic heterocycles. The average molecular weight is 611 g/mol. The lowest BCUT2D eigenvalue weighted by atomic mass is 9.85. The predicted molar refractivity (Wildman–Crippen MR) is 162 cm³/mol. The zero-order valence-electron chi connectivity index (χ0n) is 26.9. The first-order valence-electron chi connectivity index (χ1n) is 15.4. The molecule has 2 aliphatic carbocycles. The lowest BCUT2D eigenvalue weighted by Crippen LogP contribution is -2.62. The highest BCUT2D eigenvalue weighted by atomic mass is 16.2. The average Bonchev–Trinajstić information content (AvgIpc) is 3.84. The number of carbonyl (C=O) groups excluding carboxylic acids is 6. The Labute approximate surface area is 258 Å². The molecule has 3 aliphatic rings. The summed E-state index contributed by atoms with van der Waals surface area (Å²) in [5, 5.41) is 10.7. The third-order valence-corrected chi connectivity index (χ3v) is 9.43. The Morgan fingerprint density at radius 3 is 2.18 bits per heavy atom. The molecule has 0 aromatic carbocycles.